The number of aliphatic imine (C=N–C) groups is 1. The number of carbonyl (C=O) groups is 1. The summed E-state index contributed by atoms with van der Waals surface area (Å²) in [6, 6.07) is 6.77. The molecule has 150 valence electrons. The second-order valence-electron chi connectivity index (χ2n) is 7.08. The van der Waals surface area contributed by atoms with Crippen LogP contribution in [0.15, 0.2) is 23.2 Å². The molecular weight excluding hydrogens is 342 g/mol. The van der Waals surface area contributed by atoms with Crippen molar-refractivity contribution < 1.29 is 9.53 Å². The molecule has 0 atom stereocenters. The summed E-state index contributed by atoms with van der Waals surface area (Å²) in [5.41, 5.74) is 3.66. The maximum Gasteiger partial charge on any atom is 0.409 e. The lowest BCUT2D eigenvalue weighted by molar-refractivity contribution is 0.111. The molecule has 2 N–H and O–H groups in total. The van der Waals surface area contributed by atoms with Crippen molar-refractivity contribution in [3.05, 3.63) is 29.3 Å². The van der Waals surface area contributed by atoms with Crippen molar-refractivity contribution in [3.63, 3.8) is 0 Å². The molecule has 7 heteroatoms. The first-order valence-electron chi connectivity index (χ1n) is 9.59. The third-order valence-electron chi connectivity index (χ3n) is 4.86. The number of nitrogens with zero attached hydrogens (tertiary/aromatic N) is 3. The lowest BCUT2D eigenvalue weighted by atomic mass is 10.1. The van der Waals surface area contributed by atoms with Crippen molar-refractivity contribution in [2.45, 2.75) is 39.3 Å². The Hall–Kier alpha value is -2.44. The van der Waals surface area contributed by atoms with Gasteiger partial charge < -0.3 is 25.2 Å². The van der Waals surface area contributed by atoms with Crippen molar-refractivity contribution in [1.29, 1.82) is 0 Å². The fraction of sp³-hybridized carbons (Fsp3) is 0.600. The molecule has 0 bridgehead atoms. The van der Waals surface area contributed by atoms with Crippen LogP contribution in [0.3, 0.4) is 0 Å². The van der Waals surface area contributed by atoms with Gasteiger partial charge in [0.05, 0.1) is 13.7 Å². The topological polar surface area (TPSA) is 69.2 Å². The van der Waals surface area contributed by atoms with Gasteiger partial charge in [-0.2, -0.15) is 0 Å². The third kappa shape index (κ3) is 6.05. The minimum absolute atomic E-state index is 0.245. The van der Waals surface area contributed by atoms with Crippen molar-refractivity contribution in [1.82, 2.24) is 15.5 Å². The number of aryl methyl sites for hydroxylation is 1. The van der Waals surface area contributed by atoms with E-state index in [1.165, 1.54) is 23.9 Å². The van der Waals surface area contributed by atoms with E-state index in [0.29, 0.717) is 25.7 Å². The Kier molecular flexibility index (Phi) is 7.76. The Morgan fingerprint density at radius 2 is 2.04 bits per heavy atom. The number of likely N-dealkylation sites (tertiary alicyclic amines) is 1. The number of amides is 1. The molecule has 1 aliphatic rings. The number of benzene rings is 1. The van der Waals surface area contributed by atoms with Crippen LogP contribution in [-0.2, 0) is 11.3 Å². The molecule has 27 heavy (non-hydrogen) atoms. The summed E-state index contributed by atoms with van der Waals surface area (Å²) >= 11 is 0. The minimum Gasteiger partial charge on any atom is -0.453 e. The van der Waals surface area contributed by atoms with Crippen LogP contribution in [0.5, 0.6) is 0 Å². The molecule has 0 aromatic heterocycles. The van der Waals surface area contributed by atoms with Gasteiger partial charge in [-0.3, -0.25) is 0 Å². The molecule has 1 fully saturated rings. The van der Waals surface area contributed by atoms with Gasteiger partial charge in [0.2, 0.25) is 0 Å². The van der Waals surface area contributed by atoms with Crippen LogP contribution in [0, 0.1) is 6.92 Å². The summed E-state index contributed by atoms with van der Waals surface area (Å²) in [5, 5.41) is 6.83. The van der Waals surface area contributed by atoms with Crippen LogP contribution in [0.25, 0.3) is 0 Å². The first-order chi connectivity index (χ1) is 12.9. The number of carbonyl (C=O) groups excluding carboxylic acids is 1. The summed E-state index contributed by atoms with van der Waals surface area (Å²) in [4.78, 5) is 20.2. The first-order valence-corrected chi connectivity index (χ1v) is 9.59. The third-order valence-corrected chi connectivity index (χ3v) is 4.86. The maximum atomic E-state index is 11.6. The highest BCUT2D eigenvalue weighted by molar-refractivity contribution is 5.80. The van der Waals surface area contributed by atoms with E-state index in [4.69, 9.17) is 9.73 Å². The Bertz CT molecular complexity index is 652. The zero-order valence-corrected chi connectivity index (χ0v) is 17.2. The largest absolute Gasteiger partial charge is 0.453 e. The molecule has 1 heterocycles. The van der Waals surface area contributed by atoms with Gasteiger partial charge in [-0.1, -0.05) is 6.07 Å². The number of methoxy groups -OCH3 is 1. The lowest BCUT2D eigenvalue weighted by Gasteiger charge is -2.32. The standard InChI is InChI=1S/C20H33N5O2/c1-6-21-19(23-17-9-11-25(12-10-17)20(26)27-5)22-14-16-7-8-18(24(3)4)13-15(16)2/h7-8,13,17H,6,9-12,14H2,1-5H3,(H2,21,22,23). The Morgan fingerprint density at radius 1 is 1.33 bits per heavy atom. The molecule has 1 amide bonds. The monoisotopic (exact) mass is 375 g/mol. The molecule has 2 rings (SSSR count). The van der Waals surface area contributed by atoms with E-state index in [9.17, 15) is 4.79 Å². The number of ether oxygens (including phenoxy) is 1. The lowest BCUT2D eigenvalue weighted by Crippen LogP contribution is -2.49. The average Bonchev–Trinajstić information content (AvgIpc) is 2.66. The van der Waals surface area contributed by atoms with E-state index in [-0.39, 0.29) is 6.09 Å². The maximum absolute atomic E-state index is 11.6. The summed E-state index contributed by atoms with van der Waals surface area (Å²) < 4.78 is 4.79. The summed E-state index contributed by atoms with van der Waals surface area (Å²) in [7, 11) is 5.52. The van der Waals surface area contributed by atoms with Gasteiger partial charge in [0, 0.05) is 45.5 Å². The Labute approximate surface area is 162 Å². The first kappa shape index (κ1) is 20.9. The molecule has 0 saturated carbocycles. The SMILES string of the molecule is CCNC(=NCc1ccc(N(C)C)cc1C)NC1CCN(C(=O)OC)CC1. The molecule has 1 saturated heterocycles. The fourth-order valence-electron chi connectivity index (χ4n) is 3.15. The van der Waals surface area contributed by atoms with E-state index in [0.717, 1.165) is 25.3 Å². The smallest absolute Gasteiger partial charge is 0.409 e. The van der Waals surface area contributed by atoms with Gasteiger partial charge in [0.15, 0.2) is 5.96 Å². The van der Waals surface area contributed by atoms with Crippen LogP contribution in [0.4, 0.5) is 10.5 Å². The van der Waals surface area contributed by atoms with Crippen molar-refractivity contribution in [3.8, 4) is 0 Å². The van der Waals surface area contributed by atoms with Gasteiger partial charge in [0.25, 0.3) is 0 Å². The molecule has 0 unspecified atom stereocenters. The number of rotatable bonds is 5. The number of anilines is 1. The highest BCUT2D eigenvalue weighted by Crippen LogP contribution is 2.18. The molecule has 1 aromatic carbocycles. The summed E-state index contributed by atoms with van der Waals surface area (Å²) in [5.74, 6) is 0.824. The fourth-order valence-corrected chi connectivity index (χ4v) is 3.15. The normalized spacial score (nSPS) is 15.4. The predicted molar refractivity (Wildman–Crippen MR) is 110 cm³/mol. The van der Waals surface area contributed by atoms with E-state index in [1.807, 2.05) is 14.1 Å². The molecule has 7 nitrogen and oxygen atoms in total. The quantitative estimate of drug-likeness (QED) is 0.611. The summed E-state index contributed by atoms with van der Waals surface area (Å²) in [6.07, 6.45) is 1.53. The van der Waals surface area contributed by atoms with E-state index in [1.54, 1.807) is 4.90 Å². The van der Waals surface area contributed by atoms with Gasteiger partial charge in [-0.25, -0.2) is 9.79 Å². The van der Waals surface area contributed by atoms with Crippen molar-refractivity contribution >= 4 is 17.7 Å². The van der Waals surface area contributed by atoms with Crippen LogP contribution < -0.4 is 15.5 Å². The average molecular weight is 376 g/mol. The zero-order chi connectivity index (χ0) is 19.8. The zero-order valence-electron chi connectivity index (χ0n) is 17.2. The van der Waals surface area contributed by atoms with Gasteiger partial charge in [-0.15, -0.1) is 0 Å². The van der Waals surface area contributed by atoms with Crippen LogP contribution in [0.2, 0.25) is 0 Å². The minimum atomic E-state index is -0.245. The molecule has 1 aromatic rings. The number of piperidine rings is 1. The number of nitrogens with one attached hydrogen (secondary N) is 2. The van der Waals surface area contributed by atoms with E-state index >= 15 is 0 Å². The van der Waals surface area contributed by atoms with Crippen LogP contribution >= 0.6 is 0 Å². The van der Waals surface area contributed by atoms with Crippen LogP contribution in [-0.4, -0.2) is 63.8 Å². The Morgan fingerprint density at radius 3 is 2.59 bits per heavy atom. The number of hydrogen-bond donors (Lipinski definition) is 2. The van der Waals surface area contributed by atoms with Crippen LogP contribution in [0.1, 0.15) is 30.9 Å². The molecule has 0 spiro atoms. The van der Waals surface area contributed by atoms with E-state index in [2.05, 4.69) is 47.6 Å². The highest BCUT2D eigenvalue weighted by Gasteiger charge is 2.23. The molecule has 1 aliphatic heterocycles. The second-order valence-corrected chi connectivity index (χ2v) is 7.08. The number of guanidine groups is 1. The van der Waals surface area contributed by atoms with Crippen molar-refractivity contribution in [2.75, 3.05) is 45.7 Å². The predicted octanol–water partition coefficient (Wildman–Crippen LogP) is 2.35. The molecular formula is C20H33N5O2. The molecule has 0 radical (unpaired) electrons. The van der Waals surface area contributed by atoms with Gasteiger partial charge in [-0.05, 0) is 49.9 Å². The van der Waals surface area contributed by atoms with Gasteiger partial charge in [0.1, 0.15) is 0 Å². The van der Waals surface area contributed by atoms with Crippen molar-refractivity contribution in [2.24, 2.45) is 4.99 Å². The second kappa shape index (κ2) is 10.0. The highest BCUT2D eigenvalue weighted by atomic mass is 16.5. The summed E-state index contributed by atoms with van der Waals surface area (Å²) in [6.45, 7) is 7.04. The van der Waals surface area contributed by atoms with E-state index < -0.39 is 0 Å². The molecule has 0 aliphatic carbocycles. The number of hydrogen-bond acceptors (Lipinski definition) is 4. The van der Waals surface area contributed by atoms with Gasteiger partial charge >= 0.3 is 6.09 Å². The Balaban J connectivity index is 1.96.